The Bertz CT molecular complexity index is 1310. The lowest BCUT2D eigenvalue weighted by atomic mass is 9.88. The van der Waals surface area contributed by atoms with E-state index in [0.29, 0.717) is 13.1 Å². The van der Waals surface area contributed by atoms with Crippen LogP contribution in [0.2, 0.25) is 5.02 Å². The second-order valence-electron chi connectivity index (χ2n) is 11.2. The summed E-state index contributed by atoms with van der Waals surface area (Å²) in [5, 5.41) is 0.767. The van der Waals surface area contributed by atoms with Crippen molar-refractivity contribution in [3.63, 3.8) is 0 Å². The number of carbonyl (C=O) groups excluding carboxylic acids is 1. The summed E-state index contributed by atoms with van der Waals surface area (Å²) >= 11 is 7.92. The quantitative estimate of drug-likeness (QED) is 0.318. The minimum absolute atomic E-state index is 0.0844. The molecule has 5 rings (SSSR count). The van der Waals surface area contributed by atoms with Gasteiger partial charge in [-0.15, -0.1) is 11.8 Å². The molecule has 0 radical (unpaired) electrons. The Hall–Kier alpha value is -2.42. The smallest absolute Gasteiger partial charge is 0.239 e. The monoisotopic (exact) mass is 594 g/mol. The fourth-order valence-electron chi connectivity index (χ4n) is 6.11. The fourth-order valence-corrected chi connectivity index (χ4v) is 6.93. The molecule has 2 heterocycles. The van der Waals surface area contributed by atoms with Crippen LogP contribution in [0.25, 0.3) is 11.1 Å². The van der Waals surface area contributed by atoms with Crippen LogP contribution in [0.3, 0.4) is 0 Å². The van der Waals surface area contributed by atoms with E-state index in [1.807, 2.05) is 29.4 Å². The molecular weight excluding hydrogens is 555 g/mol. The number of nitrogens with two attached hydrogens (primary N) is 1. The molecule has 2 aliphatic heterocycles. The lowest BCUT2D eigenvalue weighted by Gasteiger charge is -2.39. The molecule has 0 unspecified atom stereocenters. The number of hydrogen-bond acceptors (Lipinski definition) is 5. The third-order valence-electron chi connectivity index (χ3n) is 8.60. The van der Waals surface area contributed by atoms with Crippen LogP contribution in [0.5, 0.6) is 0 Å². The number of nitrogens with zero attached hydrogens (tertiary/aromatic N) is 3. The van der Waals surface area contributed by atoms with Gasteiger partial charge in [0.15, 0.2) is 0 Å². The van der Waals surface area contributed by atoms with E-state index in [2.05, 4.69) is 46.2 Å². The molecule has 41 heavy (non-hydrogen) atoms. The predicted molar refractivity (Wildman–Crippen MR) is 168 cm³/mol. The van der Waals surface area contributed by atoms with Crippen molar-refractivity contribution >= 4 is 29.3 Å². The lowest BCUT2D eigenvalue weighted by Crippen LogP contribution is -2.55. The van der Waals surface area contributed by atoms with E-state index in [1.165, 1.54) is 22.8 Å². The van der Waals surface area contributed by atoms with Crippen LogP contribution in [-0.4, -0.2) is 78.7 Å². The molecule has 1 amide bonds. The second kappa shape index (κ2) is 14.2. The van der Waals surface area contributed by atoms with Gasteiger partial charge < -0.3 is 15.5 Å². The minimum Gasteiger partial charge on any atom is -0.339 e. The standard InChI is InChI=1S/C33H40ClFN4OS/c1-41-31-22-29(35)9-7-27(31)23-38-17-19-39(20-18-38)33(40)32(36)25-11-14-37(15-12-25)16-13-26-21-28(34)8-10-30(26)24-5-3-2-4-6-24/h2-10,21-22,25,32H,11-20,23,36H2,1H3/t32-/m1/s1. The number of likely N-dealkylation sites (tertiary alicyclic amines) is 1. The van der Waals surface area contributed by atoms with Crippen LogP contribution < -0.4 is 5.73 Å². The number of hydrogen-bond donors (Lipinski definition) is 1. The van der Waals surface area contributed by atoms with Crippen molar-refractivity contribution in [3.05, 3.63) is 88.7 Å². The molecular formula is C33H40ClFN4OS. The average molecular weight is 595 g/mol. The summed E-state index contributed by atoms with van der Waals surface area (Å²) in [4.78, 5) is 21.0. The van der Waals surface area contributed by atoms with Gasteiger partial charge in [-0.05, 0) is 91.0 Å². The van der Waals surface area contributed by atoms with Crippen molar-refractivity contribution in [1.82, 2.24) is 14.7 Å². The third-order valence-corrected chi connectivity index (χ3v) is 9.66. The molecule has 0 spiro atoms. The van der Waals surface area contributed by atoms with Gasteiger partial charge in [0.2, 0.25) is 5.91 Å². The van der Waals surface area contributed by atoms with Gasteiger partial charge in [0.25, 0.3) is 0 Å². The molecule has 2 aliphatic rings. The summed E-state index contributed by atoms with van der Waals surface area (Å²) in [6.07, 6.45) is 4.79. The van der Waals surface area contributed by atoms with E-state index in [0.717, 1.165) is 74.0 Å². The van der Waals surface area contributed by atoms with E-state index in [9.17, 15) is 9.18 Å². The number of halogens is 2. The maximum absolute atomic E-state index is 13.6. The Labute approximate surface area is 252 Å². The Kier molecular flexibility index (Phi) is 10.4. The second-order valence-corrected chi connectivity index (χ2v) is 12.5. The first-order valence-corrected chi connectivity index (χ1v) is 16.2. The van der Waals surface area contributed by atoms with Crippen LogP contribution >= 0.6 is 23.4 Å². The topological polar surface area (TPSA) is 52.8 Å². The SMILES string of the molecule is CSc1cc(F)ccc1CN1CCN(C(=O)[C@H](N)C2CCN(CCc3cc(Cl)ccc3-c3ccccc3)CC2)CC1. The highest BCUT2D eigenvalue weighted by atomic mass is 35.5. The summed E-state index contributed by atoms with van der Waals surface area (Å²) in [5.41, 5.74) is 11.4. The average Bonchev–Trinajstić information content (AvgIpc) is 3.01. The zero-order valence-electron chi connectivity index (χ0n) is 23.8. The molecule has 2 N–H and O–H groups in total. The maximum Gasteiger partial charge on any atom is 0.239 e. The van der Waals surface area contributed by atoms with Crippen LogP contribution in [-0.2, 0) is 17.8 Å². The highest BCUT2D eigenvalue weighted by Gasteiger charge is 2.32. The van der Waals surface area contributed by atoms with Crippen molar-refractivity contribution < 1.29 is 9.18 Å². The van der Waals surface area contributed by atoms with Crippen molar-refractivity contribution in [1.29, 1.82) is 0 Å². The highest BCUT2D eigenvalue weighted by Crippen LogP contribution is 2.28. The summed E-state index contributed by atoms with van der Waals surface area (Å²) < 4.78 is 13.6. The zero-order valence-corrected chi connectivity index (χ0v) is 25.3. The van der Waals surface area contributed by atoms with Gasteiger partial charge >= 0.3 is 0 Å². The molecule has 0 saturated carbocycles. The fraction of sp³-hybridized carbons (Fsp3) is 0.424. The first kappa shape index (κ1) is 30.1. The van der Waals surface area contributed by atoms with Crippen molar-refractivity contribution in [3.8, 4) is 11.1 Å². The predicted octanol–water partition coefficient (Wildman–Crippen LogP) is 5.79. The normalized spacial score (nSPS) is 18.0. The molecule has 218 valence electrons. The summed E-state index contributed by atoms with van der Waals surface area (Å²) in [7, 11) is 0. The van der Waals surface area contributed by atoms with Gasteiger partial charge in [-0.3, -0.25) is 9.69 Å². The molecule has 2 saturated heterocycles. The van der Waals surface area contributed by atoms with Crippen LogP contribution in [0.15, 0.2) is 71.6 Å². The number of benzene rings is 3. The summed E-state index contributed by atoms with van der Waals surface area (Å²) in [5.74, 6) is 0.0962. The molecule has 8 heteroatoms. The zero-order chi connectivity index (χ0) is 28.8. The van der Waals surface area contributed by atoms with Gasteiger partial charge in [-0.25, -0.2) is 4.39 Å². The van der Waals surface area contributed by atoms with Crippen LogP contribution in [0, 0.1) is 11.7 Å². The van der Waals surface area contributed by atoms with E-state index in [4.69, 9.17) is 17.3 Å². The van der Waals surface area contributed by atoms with Gasteiger partial charge in [-0.2, -0.15) is 0 Å². The number of amides is 1. The van der Waals surface area contributed by atoms with Gasteiger partial charge in [0.05, 0.1) is 6.04 Å². The van der Waals surface area contributed by atoms with E-state index in [-0.39, 0.29) is 17.6 Å². The molecule has 5 nitrogen and oxygen atoms in total. The molecule has 1 atom stereocenters. The molecule has 0 bridgehead atoms. The largest absolute Gasteiger partial charge is 0.339 e. The molecule has 3 aromatic rings. The van der Waals surface area contributed by atoms with Crippen LogP contribution in [0.1, 0.15) is 24.0 Å². The number of rotatable bonds is 9. The van der Waals surface area contributed by atoms with Crippen molar-refractivity contribution in [2.75, 3.05) is 52.1 Å². The van der Waals surface area contributed by atoms with Crippen molar-refractivity contribution in [2.24, 2.45) is 11.7 Å². The number of carbonyl (C=O) groups is 1. The van der Waals surface area contributed by atoms with Crippen LogP contribution in [0.4, 0.5) is 4.39 Å². The van der Waals surface area contributed by atoms with E-state index in [1.54, 1.807) is 17.8 Å². The maximum atomic E-state index is 13.6. The highest BCUT2D eigenvalue weighted by molar-refractivity contribution is 7.98. The molecule has 2 fully saturated rings. The van der Waals surface area contributed by atoms with Crippen molar-refractivity contribution in [2.45, 2.75) is 36.7 Å². The number of piperidine rings is 1. The van der Waals surface area contributed by atoms with Gasteiger partial charge in [-0.1, -0.05) is 54.1 Å². The number of thioether (sulfide) groups is 1. The van der Waals surface area contributed by atoms with Gasteiger partial charge in [0.1, 0.15) is 5.82 Å². The minimum atomic E-state index is -0.443. The number of piperazine rings is 1. The molecule has 3 aromatic carbocycles. The summed E-state index contributed by atoms with van der Waals surface area (Å²) in [6.45, 7) is 6.61. The third kappa shape index (κ3) is 7.70. The Balaban J connectivity index is 1.08. The first-order chi connectivity index (χ1) is 19.9. The summed E-state index contributed by atoms with van der Waals surface area (Å²) in [6, 6.07) is 21.2. The molecule has 0 aromatic heterocycles. The molecule has 0 aliphatic carbocycles. The Morgan fingerprint density at radius 3 is 2.39 bits per heavy atom. The first-order valence-electron chi connectivity index (χ1n) is 14.6. The Morgan fingerprint density at radius 1 is 0.951 bits per heavy atom. The lowest BCUT2D eigenvalue weighted by molar-refractivity contribution is -0.136. The Morgan fingerprint density at radius 2 is 1.68 bits per heavy atom. The van der Waals surface area contributed by atoms with E-state index < -0.39 is 6.04 Å². The van der Waals surface area contributed by atoms with Gasteiger partial charge in [0, 0.05) is 49.2 Å². The van der Waals surface area contributed by atoms with E-state index >= 15 is 0 Å².